The van der Waals surface area contributed by atoms with Crippen LogP contribution in [0.15, 0.2) is 18.2 Å². The Hall–Kier alpha value is -2.16. The van der Waals surface area contributed by atoms with Gasteiger partial charge in [-0.25, -0.2) is 9.59 Å². The second-order valence-corrected chi connectivity index (χ2v) is 5.83. The van der Waals surface area contributed by atoms with Gasteiger partial charge in [0, 0.05) is 25.4 Å². The van der Waals surface area contributed by atoms with Gasteiger partial charge in [-0.15, -0.1) is 12.4 Å². The minimum absolute atomic E-state index is 0. The minimum atomic E-state index is -0.731. The van der Waals surface area contributed by atoms with Gasteiger partial charge in [0.1, 0.15) is 0 Å². The first-order valence-electron chi connectivity index (χ1n) is 7.87. The van der Waals surface area contributed by atoms with Crippen molar-refractivity contribution in [3.8, 4) is 0 Å². The van der Waals surface area contributed by atoms with Gasteiger partial charge in [0.25, 0.3) is 0 Å². The Kier molecular flexibility index (Phi) is 8.01. The Morgan fingerprint density at radius 1 is 1.08 bits per heavy atom. The molecule has 9 heteroatoms. The fourth-order valence-electron chi connectivity index (χ4n) is 2.72. The molecule has 1 aromatic rings. The average molecular weight is 387 g/mol. The van der Waals surface area contributed by atoms with Crippen LogP contribution in [0.5, 0.6) is 0 Å². The van der Waals surface area contributed by atoms with Crippen LogP contribution >= 0.6 is 12.4 Å². The van der Waals surface area contributed by atoms with E-state index >= 15 is 0 Å². The maximum atomic E-state index is 12.7. The molecule has 0 atom stereocenters. The van der Waals surface area contributed by atoms with E-state index in [1.54, 1.807) is 0 Å². The Morgan fingerprint density at radius 3 is 2.00 bits per heavy atom. The lowest BCUT2D eigenvalue weighted by atomic mass is 9.79. The van der Waals surface area contributed by atoms with E-state index in [0.717, 1.165) is 0 Å². The Labute approximate surface area is 157 Å². The van der Waals surface area contributed by atoms with E-state index in [2.05, 4.69) is 14.8 Å². The smallest absolute Gasteiger partial charge is 0.337 e. The lowest BCUT2D eigenvalue weighted by Crippen LogP contribution is -2.46. The van der Waals surface area contributed by atoms with Gasteiger partial charge in [-0.2, -0.15) is 0 Å². The van der Waals surface area contributed by atoms with Crippen molar-refractivity contribution in [3.05, 3.63) is 29.3 Å². The van der Waals surface area contributed by atoms with E-state index < -0.39 is 17.4 Å². The maximum absolute atomic E-state index is 12.7. The molecular weight excluding hydrogens is 364 g/mol. The fourth-order valence-corrected chi connectivity index (χ4v) is 2.72. The molecule has 1 aliphatic heterocycles. The van der Waals surface area contributed by atoms with Crippen molar-refractivity contribution in [2.45, 2.75) is 12.8 Å². The fraction of sp³-hybridized carbons (Fsp3) is 0.471. The number of carbonyl (C=O) groups excluding carboxylic acids is 3. The summed E-state index contributed by atoms with van der Waals surface area (Å²) in [6.45, 7) is 1.10. The number of rotatable bonds is 5. The molecule has 0 aliphatic carbocycles. The molecule has 2 rings (SSSR count). The highest BCUT2D eigenvalue weighted by Gasteiger charge is 2.38. The zero-order valence-corrected chi connectivity index (χ0v) is 15.5. The lowest BCUT2D eigenvalue weighted by Gasteiger charge is -2.34. The van der Waals surface area contributed by atoms with E-state index in [-0.39, 0.29) is 36.0 Å². The number of nitrogens with one attached hydrogen (secondary N) is 1. The third-order valence-electron chi connectivity index (χ3n) is 4.36. The number of ether oxygens (including phenoxy) is 3. The predicted molar refractivity (Wildman–Crippen MR) is 96.5 cm³/mol. The zero-order chi connectivity index (χ0) is 18.4. The highest BCUT2D eigenvalue weighted by molar-refractivity contribution is 6.00. The molecule has 1 aromatic carbocycles. The van der Waals surface area contributed by atoms with Gasteiger partial charge >= 0.3 is 11.9 Å². The van der Waals surface area contributed by atoms with E-state index in [1.165, 1.54) is 32.4 Å². The van der Waals surface area contributed by atoms with E-state index in [9.17, 15) is 14.4 Å². The third-order valence-corrected chi connectivity index (χ3v) is 4.36. The number of anilines is 1. The molecule has 26 heavy (non-hydrogen) atoms. The molecule has 1 aliphatic rings. The van der Waals surface area contributed by atoms with Crippen LogP contribution in [-0.4, -0.2) is 51.8 Å². The SMILES string of the molecule is COC(=O)c1cc(NC(=O)C2(CN)CCOCC2)cc(C(=O)OC)c1.Cl. The van der Waals surface area contributed by atoms with Crippen molar-refractivity contribution in [1.29, 1.82) is 0 Å². The largest absolute Gasteiger partial charge is 0.465 e. The second kappa shape index (κ2) is 9.51. The van der Waals surface area contributed by atoms with Crippen LogP contribution in [0.1, 0.15) is 33.6 Å². The third kappa shape index (κ3) is 4.72. The first-order chi connectivity index (χ1) is 12.0. The highest BCUT2D eigenvalue weighted by Crippen LogP contribution is 2.31. The topological polar surface area (TPSA) is 117 Å². The number of amides is 1. The van der Waals surface area contributed by atoms with Gasteiger partial charge in [0.2, 0.25) is 5.91 Å². The van der Waals surface area contributed by atoms with Gasteiger partial charge in [-0.3, -0.25) is 4.79 Å². The van der Waals surface area contributed by atoms with E-state index in [0.29, 0.717) is 31.7 Å². The first-order valence-corrected chi connectivity index (χ1v) is 7.87. The molecule has 0 spiro atoms. The van der Waals surface area contributed by atoms with Crippen LogP contribution in [0.4, 0.5) is 5.69 Å². The molecule has 8 nitrogen and oxygen atoms in total. The van der Waals surface area contributed by atoms with E-state index in [1.807, 2.05) is 0 Å². The molecule has 1 amide bonds. The van der Waals surface area contributed by atoms with Crippen molar-refractivity contribution in [2.24, 2.45) is 11.1 Å². The van der Waals surface area contributed by atoms with Crippen LogP contribution in [0, 0.1) is 5.41 Å². The molecule has 1 heterocycles. The average Bonchev–Trinajstić information content (AvgIpc) is 2.66. The van der Waals surface area contributed by atoms with Gasteiger partial charge in [-0.05, 0) is 31.0 Å². The summed E-state index contributed by atoms with van der Waals surface area (Å²) in [6, 6.07) is 4.24. The quantitative estimate of drug-likeness (QED) is 0.734. The summed E-state index contributed by atoms with van der Waals surface area (Å²) >= 11 is 0. The van der Waals surface area contributed by atoms with Crippen molar-refractivity contribution in [2.75, 3.05) is 39.3 Å². The van der Waals surface area contributed by atoms with Crippen molar-refractivity contribution in [1.82, 2.24) is 0 Å². The van der Waals surface area contributed by atoms with Crippen molar-refractivity contribution in [3.63, 3.8) is 0 Å². The number of carbonyl (C=O) groups is 3. The van der Waals surface area contributed by atoms with Gasteiger partial charge in [-0.1, -0.05) is 0 Å². The number of hydrogen-bond acceptors (Lipinski definition) is 7. The standard InChI is InChI=1S/C17H22N2O6.ClH/c1-23-14(20)11-7-12(15(21)24-2)9-13(8-11)19-16(22)17(10-18)3-5-25-6-4-17;/h7-9H,3-6,10,18H2,1-2H3,(H,19,22);1H. The van der Waals surface area contributed by atoms with Crippen molar-refractivity contribution < 1.29 is 28.6 Å². The molecule has 0 aromatic heterocycles. The second-order valence-electron chi connectivity index (χ2n) is 5.83. The molecule has 144 valence electrons. The Balaban J connectivity index is 0.00000338. The summed E-state index contributed by atoms with van der Waals surface area (Å²) in [4.78, 5) is 36.4. The van der Waals surface area contributed by atoms with Gasteiger partial charge in [0.15, 0.2) is 0 Å². The molecular formula is C17H23ClN2O6. The monoisotopic (exact) mass is 386 g/mol. The summed E-state index contributed by atoms with van der Waals surface area (Å²) in [5.74, 6) is -1.52. The Morgan fingerprint density at radius 2 is 1.58 bits per heavy atom. The number of halogens is 1. The number of hydrogen-bond donors (Lipinski definition) is 2. The summed E-state index contributed by atoms with van der Waals surface area (Å²) < 4.78 is 14.7. The van der Waals surface area contributed by atoms with Crippen LogP contribution < -0.4 is 11.1 Å². The molecule has 3 N–H and O–H groups in total. The highest BCUT2D eigenvalue weighted by atomic mass is 35.5. The number of nitrogens with two attached hydrogens (primary N) is 1. The molecule has 0 saturated carbocycles. The van der Waals surface area contributed by atoms with Crippen LogP contribution in [-0.2, 0) is 19.0 Å². The number of benzene rings is 1. The summed E-state index contributed by atoms with van der Waals surface area (Å²) in [6.07, 6.45) is 1.02. The summed E-state index contributed by atoms with van der Waals surface area (Å²) in [5.41, 5.74) is 5.66. The zero-order valence-electron chi connectivity index (χ0n) is 14.7. The predicted octanol–water partition coefficient (Wildman–Crippen LogP) is 1.38. The summed E-state index contributed by atoms with van der Waals surface area (Å²) in [5, 5.41) is 2.75. The molecule has 0 bridgehead atoms. The lowest BCUT2D eigenvalue weighted by molar-refractivity contribution is -0.130. The first kappa shape index (κ1) is 21.9. The molecule has 0 radical (unpaired) electrons. The number of esters is 2. The van der Waals surface area contributed by atoms with Crippen molar-refractivity contribution >= 4 is 35.9 Å². The summed E-state index contributed by atoms with van der Waals surface area (Å²) in [7, 11) is 2.47. The van der Waals surface area contributed by atoms with Gasteiger partial charge < -0.3 is 25.3 Å². The molecule has 0 unspecified atom stereocenters. The van der Waals surface area contributed by atoms with E-state index in [4.69, 9.17) is 10.5 Å². The Bertz CT molecular complexity index is 639. The minimum Gasteiger partial charge on any atom is -0.465 e. The normalized spacial score (nSPS) is 15.3. The number of methoxy groups -OCH3 is 2. The maximum Gasteiger partial charge on any atom is 0.337 e. The van der Waals surface area contributed by atoms with Crippen LogP contribution in [0.3, 0.4) is 0 Å². The van der Waals surface area contributed by atoms with Crippen LogP contribution in [0.2, 0.25) is 0 Å². The molecule has 1 fully saturated rings. The van der Waals surface area contributed by atoms with Crippen LogP contribution in [0.25, 0.3) is 0 Å². The van der Waals surface area contributed by atoms with Gasteiger partial charge in [0.05, 0.1) is 30.8 Å². The molecule has 1 saturated heterocycles.